The molecule has 1 aliphatic heterocycles. The Hall–Kier alpha value is -1.35. The Labute approximate surface area is 121 Å². The van der Waals surface area contributed by atoms with Crippen LogP contribution < -0.4 is 5.73 Å². The van der Waals surface area contributed by atoms with Crippen LogP contribution in [0.15, 0.2) is 17.8 Å². The molecule has 0 radical (unpaired) electrons. The zero-order chi connectivity index (χ0) is 14.8. The number of hydrogen-bond donors (Lipinski definition) is 1. The molecule has 2 N–H and O–H groups in total. The Balaban J connectivity index is 2.24. The molecule has 1 aliphatic rings. The van der Waals surface area contributed by atoms with Crippen molar-refractivity contribution in [1.29, 1.82) is 0 Å². The lowest BCUT2D eigenvalue weighted by atomic mass is 10.1. The molecule has 0 aromatic carbocycles. The number of sulfone groups is 1. The molecule has 20 heavy (non-hydrogen) atoms. The molecule has 0 aliphatic carbocycles. The van der Waals surface area contributed by atoms with Crippen LogP contribution in [0.1, 0.15) is 18.2 Å². The summed E-state index contributed by atoms with van der Waals surface area (Å²) in [6, 6.07) is 0. The van der Waals surface area contributed by atoms with E-state index >= 15 is 0 Å². The fourth-order valence-electron chi connectivity index (χ4n) is 2.14. The van der Waals surface area contributed by atoms with Gasteiger partial charge in [0.15, 0.2) is 15.0 Å². The first-order valence-corrected chi connectivity index (χ1v) is 8.89. The van der Waals surface area contributed by atoms with E-state index in [2.05, 4.69) is 16.8 Å². The second kappa shape index (κ2) is 5.96. The fourth-order valence-corrected chi connectivity index (χ4v) is 4.58. The van der Waals surface area contributed by atoms with Crippen LogP contribution >= 0.6 is 11.8 Å². The van der Waals surface area contributed by atoms with Gasteiger partial charge in [-0.1, -0.05) is 17.8 Å². The lowest BCUT2D eigenvalue weighted by Crippen LogP contribution is -2.14. The van der Waals surface area contributed by atoms with E-state index in [9.17, 15) is 13.2 Å². The number of nitrogens with zero attached hydrogens (tertiary/aromatic N) is 3. The average Bonchev–Trinajstić information content (AvgIpc) is 2.91. The predicted octanol–water partition coefficient (Wildman–Crippen LogP) is -0.0564. The van der Waals surface area contributed by atoms with Crippen LogP contribution in [-0.2, 0) is 21.2 Å². The molecule has 0 unspecified atom stereocenters. The second-order valence-electron chi connectivity index (χ2n) is 4.60. The number of carbonyl (C=O) groups excluding carboxylic acids is 1. The van der Waals surface area contributed by atoms with E-state index in [4.69, 9.17) is 5.73 Å². The molecule has 1 saturated heterocycles. The number of primary amides is 1. The molecule has 0 bridgehead atoms. The zero-order valence-corrected chi connectivity index (χ0v) is 12.5. The van der Waals surface area contributed by atoms with Gasteiger partial charge in [0.1, 0.15) is 5.82 Å². The Kier molecular flexibility index (Phi) is 4.48. The summed E-state index contributed by atoms with van der Waals surface area (Å²) < 4.78 is 24.9. The molecule has 9 heteroatoms. The van der Waals surface area contributed by atoms with Crippen molar-refractivity contribution in [2.45, 2.75) is 24.0 Å². The van der Waals surface area contributed by atoms with Gasteiger partial charge < -0.3 is 10.3 Å². The molecule has 1 amide bonds. The Morgan fingerprint density at radius 2 is 2.30 bits per heavy atom. The van der Waals surface area contributed by atoms with Gasteiger partial charge in [0, 0.05) is 12.5 Å². The number of hydrogen-bond acceptors (Lipinski definition) is 6. The maximum Gasteiger partial charge on any atom is 0.227 e. The first kappa shape index (κ1) is 15.0. The van der Waals surface area contributed by atoms with Gasteiger partial charge >= 0.3 is 0 Å². The van der Waals surface area contributed by atoms with Crippen LogP contribution in [0.3, 0.4) is 0 Å². The van der Waals surface area contributed by atoms with Gasteiger partial charge in [-0.3, -0.25) is 4.79 Å². The molecule has 0 spiro atoms. The lowest BCUT2D eigenvalue weighted by molar-refractivity contribution is -0.115. The summed E-state index contributed by atoms with van der Waals surface area (Å²) >= 11 is 1.19. The van der Waals surface area contributed by atoms with Gasteiger partial charge in [0.25, 0.3) is 0 Å². The van der Waals surface area contributed by atoms with Crippen molar-refractivity contribution in [2.24, 2.45) is 5.73 Å². The molecule has 7 nitrogen and oxygen atoms in total. The molecule has 0 saturated carbocycles. The number of carbonyl (C=O) groups is 1. The molecule has 2 heterocycles. The van der Waals surface area contributed by atoms with Crippen LogP contribution in [0.4, 0.5) is 0 Å². The van der Waals surface area contributed by atoms with Gasteiger partial charge in [-0.15, -0.1) is 16.8 Å². The number of aromatic nitrogens is 3. The maximum absolute atomic E-state index is 11.6. The third kappa shape index (κ3) is 3.40. The van der Waals surface area contributed by atoms with Crippen LogP contribution in [0.5, 0.6) is 0 Å². The van der Waals surface area contributed by atoms with Crippen LogP contribution in [0.2, 0.25) is 0 Å². The predicted molar refractivity (Wildman–Crippen MR) is 76.1 cm³/mol. The van der Waals surface area contributed by atoms with Gasteiger partial charge in [0.2, 0.25) is 5.91 Å². The van der Waals surface area contributed by atoms with E-state index in [0.29, 0.717) is 23.9 Å². The zero-order valence-electron chi connectivity index (χ0n) is 10.9. The summed E-state index contributed by atoms with van der Waals surface area (Å²) in [6.45, 7) is 4.14. The molecule has 1 aromatic heterocycles. The van der Waals surface area contributed by atoms with Crippen molar-refractivity contribution < 1.29 is 13.2 Å². The number of thioether (sulfide) groups is 1. The minimum absolute atomic E-state index is 0.1000. The first-order chi connectivity index (χ1) is 9.43. The van der Waals surface area contributed by atoms with E-state index < -0.39 is 15.7 Å². The number of rotatable bonds is 6. The monoisotopic (exact) mass is 316 g/mol. The number of nitrogens with two attached hydrogens (primary N) is 1. The van der Waals surface area contributed by atoms with E-state index in [1.807, 2.05) is 0 Å². The quantitative estimate of drug-likeness (QED) is 0.582. The third-order valence-corrected chi connectivity index (χ3v) is 5.76. The summed E-state index contributed by atoms with van der Waals surface area (Å²) in [7, 11) is -2.98. The van der Waals surface area contributed by atoms with Crippen molar-refractivity contribution in [3.63, 3.8) is 0 Å². The third-order valence-electron chi connectivity index (χ3n) is 3.00. The van der Waals surface area contributed by atoms with Crippen LogP contribution in [0, 0.1) is 0 Å². The van der Waals surface area contributed by atoms with Crippen molar-refractivity contribution >= 4 is 27.5 Å². The van der Waals surface area contributed by atoms with E-state index in [1.54, 1.807) is 10.6 Å². The van der Waals surface area contributed by atoms with E-state index in [0.717, 1.165) is 0 Å². The highest BCUT2D eigenvalue weighted by molar-refractivity contribution is 7.99. The summed E-state index contributed by atoms with van der Waals surface area (Å²) in [5.41, 5.74) is 5.11. The number of allylic oxidation sites excluding steroid dienone is 1. The summed E-state index contributed by atoms with van der Waals surface area (Å²) in [6.07, 6.45) is 2.24. The van der Waals surface area contributed by atoms with Crippen molar-refractivity contribution in [2.75, 3.05) is 17.3 Å². The molecule has 2 rings (SSSR count). The normalized spacial score (nSPS) is 20.9. The summed E-state index contributed by atoms with van der Waals surface area (Å²) in [5.74, 6) is 0.449. The first-order valence-electron chi connectivity index (χ1n) is 6.08. The van der Waals surface area contributed by atoms with E-state index in [1.165, 1.54) is 11.8 Å². The summed E-state index contributed by atoms with van der Waals surface area (Å²) in [4.78, 5) is 10.8. The standard InChI is InChI=1S/C11H16N4O3S2/c1-2-4-15-10(8-3-5-20(17,18)7-8)13-14-11(15)19-6-9(12)16/h2,8H,1,3-7H2,(H2,12,16)/t8-/m0/s1. The summed E-state index contributed by atoms with van der Waals surface area (Å²) in [5, 5.41) is 8.67. The molecular weight excluding hydrogens is 300 g/mol. The topological polar surface area (TPSA) is 108 Å². The smallest absolute Gasteiger partial charge is 0.227 e. The fraction of sp³-hybridized carbons (Fsp3) is 0.545. The molecule has 1 fully saturated rings. The molecule has 1 atom stereocenters. The second-order valence-corrected chi connectivity index (χ2v) is 7.77. The highest BCUT2D eigenvalue weighted by Gasteiger charge is 2.33. The molecule has 1 aromatic rings. The highest BCUT2D eigenvalue weighted by atomic mass is 32.2. The van der Waals surface area contributed by atoms with Gasteiger partial charge in [-0.2, -0.15) is 0 Å². The average molecular weight is 316 g/mol. The van der Waals surface area contributed by atoms with Crippen LogP contribution in [0.25, 0.3) is 0 Å². The van der Waals surface area contributed by atoms with Crippen LogP contribution in [-0.4, -0.2) is 46.3 Å². The Bertz CT molecular complexity index is 624. The Morgan fingerprint density at radius 1 is 1.55 bits per heavy atom. The largest absolute Gasteiger partial charge is 0.369 e. The SMILES string of the molecule is C=CCn1c(SCC(N)=O)nnc1[C@H]1CCS(=O)(=O)C1. The Morgan fingerprint density at radius 3 is 2.85 bits per heavy atom. The maximum atomic E-state index is 11.6. The van der Waals surface area contributed by atoms with Gasteiger partial charge in [-0.05, 0) is 6.42 Å². The number of amides is 1. The van der Waals surface area contributed by atoms with Gasteiger partial charge in [-0.25, -0.2) is 8.42 Å². The highest BCUT2D eigenvalue weighted by Crippen LogP contribution is 2.30. The van der Waals surface area contributed by atoms with Gasteiger partial charge in [0.05, 0.1) is 17.3 Å². The van der Waals surface area contributed by atoms with Crippen molar-refractivity contribution in [3.05, 3.63) is 18.5 Å². The minimum atomic E-state index is -2.98. The lowest BCUT2D eigenvalue weighted by Gasteiger charge is -2.10. The molecule has 110 valence electrons. The van der Waals surface area contributed by atoms with E-state index in [-0.39, 0.29) is 23.2 Å². The minimum Gasteiger partial charge on any atom is -0.369 e. The van der Waals surface area contributed by atoms with Crippen molar-refractivity contribution in [1.82, 2.24) is 14.8 Å². The van der Waals surface area contributed by atoms with Crippen molar-refractivity contribution in [3.8, 4) is 0 Å². The molecular formula is C11H16N4O3S2.